The fraction of sp³-hybridized carbons (Fsp3) is 0.467. The van der Waals surface area contributed by atoms with Gasteiger partial charge in [-0.15, -0.1) is 0 Å². The topological polar surface area (TPSA) is 49.4 Å². The van der Waals surface area contributed by atoms with Gasteiger partial charge in [0.25, 0.3) is 11.7 Å². The van der Waals surface area contributed by atoms with Crippen LogP contribution in [0.1, 0.15) is 37.6 Å². The Morgan fingerprint density at radius 2 is 2.00 bits per heavy atom. The van der Waals surface area contributed by atoms with Crippen molar-refractivity contribution in [3.05, 3.63) is 23.5 Å². The standard InChI is InChI=1S/C15H19FN2O2/c1-4-9(3)8-18(5-2)13-7-12-10(6-11(13)16)14(19)15(20)17-12/h6-7,9H,4-5,8H2,1-3H3,(H,17,19,20). The number of carbonyl (C=O) groups is 2. The van der Waals surface area contributed by atoms with Gasteiger partial charge >= 0.3 is 0 Å². The maximum Gasteiger partial charge on any atom is 0.296 e. The lowest BCUT2D eigenvalue weighted by Gasteiger charge is -2.27. The molecule has 0 aliphatic carbocycles. The number of fused-ring (bicyclic) bond motifs is 1. The summed E-state index contributed by atoms with van der Waals surface area (Å²) in [5, 5.41) is 2.48. The number of rotatable bonds is 5. The van der Waals surface area contributed by atoms with Gasteiger partial charge in [0.05, 0.1) is 16.9 Å². The summed E-state index contributed by atoms with van der Waals surface area (Å²) >= 11 is 0. The molecule has 1 heterocycles. The highest BCUT2D eigenvalue weighted by atomic mass is 19.1. The van der Waals surface area contributed by atoms with Gasteiger partial charge in [-0.25, -0.2) is 4.39 Å². The predicted octanol–water partition coefficient (Wildman–Crippen LogP) is 2.83. The van der Waals surface area contributed by atoms with E-state index in [0.717, 1.165) is 19.0 Å². The molecule has 0 radical (unpaired) electrons. The summed E-state index contributed by atoms with van der Waals surface area (Å²) in [6.45, 7) is 7.57. The van der Waals surface area contributed by atoms with Crippen molar-refractivity contribution in [3.63, 3.8) is 0 Å². The van der Waals surface area contributed by atoms with E-state index in [4.69, 9.17) is 0 Å². The maximum atomic E-state index is 14.2. The van der Waals surface area contributed by atoms with Crippen LogP contribution in [0.4, 0.5) is 15.8 Å². The average Bonchev–Trinajstić information content (AvgIpc) is 2.70. The predicted molar refractivity (Wildman–Crippen MR) is 76.7 cm³/mol. The van der Waals surface area contributed by atoms with Crippen LogP contribution in [0.3, 0.4) is 0 Å². The van der Waals surface area contributed by atoms with Crippen LogP contribution in [0.25, 0.3) is 0 Å². The van der Waals surface area contributed by atoms with E-state index in [-0.39, 0.29) is 5.56 Å². The van der Waals surface area contributed by atoms with Crippen molar-refractivity contribution in [2.24, 2.45) is 5.92 Å². The van der Waals surface area contributed by atoms with Gasteiger partial charge in [0.2, 0.25) is 0 Å². The molecule has 0 saturated carbocycles. The smallest absolute Gasteiger partial charge is 0.296 e. The van der Waals surface area contributed by atoms with Crippen LogP contribution in [-0.2, 0) is 4.79 Å². The van der Waals surface area contributed by atoms with E-state index in [2.05, 4.69) is 19.2 Å². The molecule has 0 fully saturated rings. The van der Waals surface area contributed by atoms with Crippen LogP contribution in [0.15, 0.2) is 12.1 Å². The van der Waals surface area contributed by atoms with E-state index in [0.29, 0.717) is 23.8 Å². The van der Waals surface area contributed by atoms with Gasteiger partial charge in [0.15, 0.2) is 0 Å². The number of Topliss-reactive ketones (excluding diaryl/α,β-unsaturated/α-hetero) is 1. The summed E-state index contributed by atoms with van der Waals surface area (Å²) in [5.41, 5.74) is 0.955. The van der Waals surface area contributed by atoms with Crippen molar-refractivity contribution < 1.29 is 14.0 Å². The third-order valence-corrected chi connectivity index (χ3v) is 3.74. The molecular formula is C15H19FN2O2. The summed E-state index contributed by atoms with van der Waals surface area (Å²) in [5.74, 6) is -1.38. The minimum atomic E-state index is -0.693. The molecule has 2 rings (SSSR count). The molecule has 0 spiro atoms. The van der Waals surface area contributed by atoms with Crippen LogP contribution in [0.5, 0.6) is 0 Å². The Hall–Kier alpha value is -1.91. The quantitative estimate of drug-likeness (QED) is 0.843. The monoisotopic (exact) mass is 278 g/mol. The first-order valence-electron chi connectivity index (χ1n) is 6.92. The second-order valence-electron chi connectivity index (χ2n) is 5.18. The highest BCUT2D eigenvalue weighted by Crippen LogP contribution is 2.31. The molecule has 1 aliphatic rings. The summed E-state index contributed by atoms with van der Waals surface area (Å²) in [6, 6.07) is 2.71. The Balaban J connectivity index is 2.36. The zero-order valence-corrected chi connectivity index (χ0v) is 12.0. The van der Waals surface area contributed by atoms with E-state index in [1.54, 1.807) is 6.07 Å². The Morgan fingerprint density at radius 3 is 2.60 bits per heavy atom. The molecule has 5 heteroatoms. The first kappa shape index (κ1) is 14.5. The molecule has 1 atom stereocenters. The second-order valence-corrected chi connectivity index (χ2v) is 5.18. The van der Waals surface area contributed by atoms with E-state index in [9.17, 15) is 14.0 Å². The second kappa shape index (κ2) is 5.61. The van der Waals surface area contributed by atoms with Gasteiger partial charge in [-0.1, -0.05) is 20.3 Å². The molecule has 1 aromatic rings. The normalized spacial score (nSPS) is 15.0. The number of hydrogen-bond acceptors (Lipinski definition) is 3. The number of nitrogens with zero attached hydrogens (tertiary/aromatic N) is 1. The lowest BCUT2D eigenvalue weighted by molar-refractivity contribution is -0.112. The molecule has 1 unspecified atom stereocenters. The molecule has 1 amide bonds. The molecule has 0 bridgehead atoms. The molecule has 4 nitrogen and oxygen atoms in total. The molecule has 108 valence electrons. The minimum absolute atomic E-state index is 0.121. The Kier molecular flexibility index (Phi) is 4.06. The third-order valence-electron chi connectivity index (χ3n) is 3.74. The zero-order valence-electron chi connectivity index (χ0n) is 12.0. The number of anilines is 2. The van der Waals surface area contributed by atoms with Gasteiger partial charge in [0.1, 0.15) is 5.82 Å². The van der Waals surface area contributed by atoms with Crippen LogP contribution in [0.2, 0.25) is 0 Å². The number of halogens is 1. The van der Waals surface area contributed by atoms with Gasteiger partial charge in [-0.05, 0) is 25.0 Å². The van der Waals surface area contributed by atoms with Crippen molar-refractivity contribution in [1.29, 1.82) is 0 Å². The molecule has 0 aromatic heterocycles. The van der Waals surface area contributed by atoms with Crippen molar-refractivity contribution in [2.45, 2.75) is 27.2 Å². The number of ketones is 1. The van der Waals surface area contributed by atoms with Crippen molar-refractivity contribution in [3.8, 4) is 0 Å². The maximum absolute atomic E-state index is 14.2. The minimum Gasteiger partial charge on any atom is -0.369 e. The first-order chi connectivity index (χ1) is 9.47. The van der Waals surface area contributed by atoms with Crippen LogP contribution >= 0.6 is 0 Å². The fourth-order valence-corrected chi connectivity index (χ4v) is 2.30. The molecule has 1 aromatic carbocycles. The summed E-state index contributed by atoms with van der Waals surface area (Å²) in [4.78, 5) is 24.8. The fourth-order valence-electron chi connectivity index (χ4n) is 2.30. The lowest BCUT2D eigenvalue weighted by atomic mass is 10.1. The number of benzene rings is 1. The molecule has 1 N–H and O–H groups in total. The Morgan fingerprint density at radius 1 is 1.30 bits per heavy atom. The van der Waals surface area contributed by atoms with E-state index >= 15 is 0 Å². The van der Waals surface area contributed by atoms with Gasteiger partial charge < -0.3 is 10.2 Å². The van der Waals surface area contributed by atoms with E-state index < -0.39 is 17.5 Å². The molecule has 20 heavy (non-hydrogen) atoms. The Bertz CT molecular complexity index is 557. The number of carbonyl (C=O) groups excluding carboxylic acids is 2. The lowest BCUT2D eigenvalue weighted by Crippen LogP contribution is -2.29. The molecular weight excluding hydrogens is 259 g/mol. The summed E-state index contributed by atoms with van der Waals surface area (Å²) in [6.07, 6.45) is 1.01. The summed E-state index contributed by atoms with van der Waals surface area (Å²) < 4.78 is 14.2. The highest BCUT2D eigenvalue weighted by molar-refractivity contribution is 6.51. The van der Waals surface area contributed by atoms with Gasteiger partial charge in [0, 0.05) is 13.1 Å². The molecule has 1 aliphatic heterocycles. The zero-order chi connectivity index (χ0) is 14.9. The average molecular weight is 278 g/mol. The van der Waals surface area contributed by atoms with Gasteiger partial charge in [-0.3, -0.25) is 9.59 Å². The van der Waals surface area contributed by atoms with Crippen molar-refractivity contribution in [1.82, 2.24) is 0 Å². The summed E-state index contributed by atoms with van der Waals surface area (Å²) in [7, 11) is 0. The van der Waals surface area contributed by atoms with Crippen molar-refractivity contribution >= 4 is 23.1 Å². The van der Waals surface area contributed by atoms with E-state index in [1.165, 1.54) is 0 Å². The van der Waals surface area contributed by atoms with Crippen LogP contribution in [-0.4, -0.2) is 24.8 Å². The number of nitrogens with one attached hydrogen (secondary N) is 1. The number of hydrogen-bond donors (Lipinski definition) is 1. The Labute approximate surface area is 118 Å². The van der Waals surface area contributed by atoms with Gasteiger partial charge in [-0.2, -0.15) is 0 Å². The largest absolute Gasteiger partial charge is 0.369 e. The SMILES string of the molecule is CCC(C)CN(CC)c1cc2c(cc1F)C(=O)C(=O)N2. The van der Waals surface area contributed by atoms with Crippen molar-refractivity contribution in [2.75, 3.05) is 23.3 Å². The number of amides is 1. The first-order valence-corrected chi connectivity index (χ1v) is 6.92. The van der Waals surface area contributed by atoms with Crippen LogP contribution in [0, 0.1) is 11.7 Å². The highest BCUT2D eigenvalue weighted by Gasteiger charge is 2.30. The van der Waals surface area contributed by atoms with E-state index in [1.807, 2.05) is 11.8 Å². The molecule has 0 saturated heterocycles. The third kappa shape index (κ3) is 2.53. The van der Waals surface area contributed by atoms with Crippen LogP contribution < -0.4 is 10.2 Å².